The summed E-state index contributed by atoms with van der Waals surface area (Å²) in [6.07, 6.45) is 0. The van der Waals surface area contributed by atoms with Crippen molar-refractivity contribution in [2.24, 2.45) is 0 Å². The van der Waals surface area contributed by atoms with Crippen LogP contribution in [0.25, 0.3) is 0 Å². The maximum Gasteiger partial charge on any atom is 1.00 e. The van der Waals surface area contributed by atoms with E-state index in [1.165, 1.54) is 6.92 Å². The first-order valence-electron chi connectivity index (χ1n) is 3.22. The molecule has 0 heterocycles. The average molecular weight is 334 g/mol. The van der Waals surface area contributed by atoms with E-state index in [4.69, 9.17) is 4.74 Å². The van der Waals surface area contributed by atoms with Gasteiger partial charge in [0, 0.05) is 15.9 Å². The topological polar surface area (TPSA) is 26.3 Å². The van der Waals surface area contributed by atoms with E-state index >= 15 is 0 Å². The van der Waals surface area contributed by atoms with Gasteiger partial charge in [0.25, 0.3) is 0 Å². The third-order valence-electron chi connectivity index (χ3n) is 1.10. The first-order valence-corrected chi connectivity index (χ1v) is 4.81. The number of ether oxygens (including phenoxy) is 1. The molecular weight excluding hydrogens is 327 g/mol. The Morgan fingerprint density at radius 2 is 1.77 bits per heavy atom. The molecule has 66 valence electrons. The van der Waals surface area contributed by atoms with Gasteiger partial charge in [-0.05, 0) is 18.2 Å². The zero-order chi connectivity index (χ0) is 9.14. The molecule has 0 spiro atoms. The van der Waals surface area contributed by atoms with Crippen LogP contribution in [0.4, 0.5) is 0 Å². The average Bonchev–Trinajstić information content (AvgIpc) is 1.81. The number of esters is 1. The second-order valence-electron chi connectivity index (χ2n) is 2.20. The largest absolute Gasteiger partial charge is 1.00 e. The van der Waals surface area contributed by atoms with Crippen molar-refractivity contribution in [3.05, 3.63) is 27.1 Å². The molecule has 0 aliphatic rings. The number of benzene rings is 1. The van der Waals surface area contributed by atoms with Gasteiger partial charge in [-0.15, -0.1) is 0 Å². The molecule has 0 atom stereocenters. The predicted molar refractivity (Wildman–Crippen MR) is 54.3 cm³/mol. The molecular formula is C8H7Br2KO2. The molecule has 0 saturated heterocycles. The van der Waals surface area contributed by atoms with Crippen molar-refractivity contribution in [1.82, 2.24) is 0 Å². The van der Waals surface area contributed by atoms with E-state index in [1.807, 2.05) is 6.07 Å². The fourth-order valence-electron chi connectivity index (χ4n) is 0.753. The zero-order valence-corrected chi connectivity index (χ0v) is 13.6. The molecule has 0 bridgehead atoms. The van der Waals surface area contributed by atoms with Gasteiger partial charge in [-0.1, -0.05) is 31.9 Å². The molecule has 0 N–H and O–H groups in total. The maximum atomic E-state index is 10.6. The number of halogens is 2. The van der Waals surface area contributed by atoms with Crippen molar-refractivity contribution in [1.29, 1.82) is 0 Å². The fourth-order valence-corrected chi connectivity index (χ4v) is 2.01. The summed E-state index contributed by atoms with van der Waals surface area (Å²) in [5.41, 5.74) is 0. The fraction of sp³-hybridized carbons (Fsp3) is 0.125. The SMILES string of the molecule is CC(=O)Oc1cc(Br)cc(Br)c1.[H-].[K+]. The molecule has 0 unspecified atom stereocenters. The van der Waals surface area contributed by atoms with Crippen molar-refractivity contribution in [3.63, 3.8) is 0 Å². The Kier molecular flexibility index (Phi) is 7.38. The summed E-state index contributed by atoms with van der Waals surface area (Å²) in [5, 5.41) is 0. The third kappa shape index (κ3) is 5.66. The van der Waals surface area contributed by atoms with Gasteiger partial charge in [-0.3, -0.25) is 4.79 Å². The third-order valence-corrected chi connectivity index (χ3v) is 2.01. The van der Waals surface area contributed by atoms with E-state index in [9.17, 15) is 4.79 Å². The van der Waals surface area contributed by atoms with Crippen molar-refractivity contribution in [2.45, 2.75) is 6.92 Å². The standard InChI is InChI=1S/C8H6Br2O2.K.H/c1-5(11)12-8-3-6(9)2-7(10)4-8;;/h2-4H,1H3;;/q;+1;-1. The number of carbonyl (C=O) groups excluding carboxylic acids is 1. The number of carbonyl (C=O) groups is 1. The van der Waals surface area contributed by atoms with Gasteiger partial charge < -0.3 is 6.16 Å². The Bertz CT molecular complexity index is 300. The second-order valence-corrected chi connectivity index (χ2v) is 4.03. The van der Waals surface area contributed by atoms with Crippen molar-refractivity contribution >= 4 is 37.8 Å². The molecule has 0 aliphatic carbocycles. The molecule has 0 amide bonds. The first-order chi connectivity index (χ1) is 5.58. The predicted octanol–water partition coefficient (Wildman–Crippen LogP) is 0.253. The van der Waals surface area contributed by atoms with Crippen LogP contribution in [0.1, 0.15) is 8.35 Å². The zero-order valence-electron chi connectivity index (χ0n) is 8.30. The minimum Gasteiger partial charge on any atom is -1.00 e. The molecule has 1 rings (SSSR count). The van der Waals surface area contributed by atoms with Crippen LogP contribution >= 0.6 is 31.9 Å². The van der Waals surface area contributed by atoms with Crippen LogP contribution in [0, 0.1) is 0 Å². The molecule has 0 fully saturated rings. The minimum atomic E-state index is -0.319. The Labute approximate surface area is 138 Å². The molecule has 0 aliphatic heterocycles. The summed E-state index contributed by atoms with van der Waals surface area (Å²) in [7, 11) is 0. The number of hydrogen-bond acceptors (Lipinski definition) is 2. The van der Waals surface area contributed by atoms with E-state index in [1.54, 1.807) is 12.1 Å². The van der Waals surface area contributed by atoms with Gasteiger partial charge in [0.15, 0.2) is 0 Å². The normalized spacial score (nSPS) is 8.85. The van der Waals surface area contributed by atoms with Gasteiger partial charge in [0.05, 0.1) is 0 Å². The van der Waals surface area contributed by atoms with Crippen LogP contribution in [-0.2, 0) is 4.79 Å². The van der Waals surface area contributed by atoms with Gasteiger partial charge in [0.1, 0.15) is 5.75 Å². The quantitative estimate of drug-likeness (QED) is 0.418. The van der Waals surface area contributed by atoms with Crippen LogP contribution in [0.15, 0.2) is 27.1 Å². The Morgan fingerprint density at radius 1 is 1.31 bits per heavy atom. The number of hydrogen-bond donors (Lipinski definition) is 0. The summed E-state index contributed by atoms with van der Waals surface area (Å²) in [6.45, 7) is 1.37. The summed E-state index contributed by atoms with van der Waals surface area (Å²) in [6, 6.07) is 5.32. The van der Waals surface area contributed by atoms with Crippen LogP contribution < -0.4 is 56.1 Å². The van der Waals surface area contributed by atoms with E-state index in [0.29, 0.717) is 5.75 Å². The molecule has 0 aromatic heterocycles. The van der Waals surface area contributed by atoms with Gasteiger partial charge in [-0.25, -0.2) is 0 Å². The molecule has 2 nitrogen and oxygen atoms in total. The molecule has 1 aromatic carbocycles. The van der Waals surface area contributed by atoms with Gasteiger partial charge >= 0.3 is 57.4 Å². The van der Waals surface area contributed by atoms with Gasteiger partial charge in [0.2, 0.25) is 0 Å². The summed E-state index contributed by atoms with van der Waals surface area (Å²) in [5.74, 6) is 0.212. The second kappa shape index (κ2) is 6.71. The molecule has 0 radical (unpaired) electrons. The van der Waals surface area contributed by atoms with Crippen molar-refractivity contribution in [2.75, 3.05) is 0 Å². The van der Waals surface area contributed by atoms with E-state index in [0.717, 1.165) is 8.95 Å². The maximum absolute atomic E-state index is 10.6. The van der Waals surface area contributed by atoms with Crippen LogP contribution in [-0.4, -0.2) is 5.97 Å². The molecule has 1 aromatic rings. The van der Waals surface area contributed by atoms with E-state index < -0.39 is 0 Å². The monoisotopic (exact) mass is 332 g/mol. The van der Waals surface area contributed by atoms with Crippen LogP contribution in [0.2, 0.25) is 0 Å². The van der Waals surface area contributed by atoms with Gasteiger partial charge in [-0.2, -0.15) is 0 Å². The molecule has 5 heteroatoms. The Balaban J connectivity index is 0. The van der Waals surface area contributed by atoms with Crippen molar-refractivity contribution < 1.29 is 62.3 Å². The molecule has 13 heavy (non-hydrogen) atoms. The van der Waals surface area contributed by atoms with E-state index in [-0.39, 0.29) is 58.8 Å². The number of rotatable bonds is 1. The Hall–Kier alpha value is 1.29. The van der Waals surface area contributed by atoms with E-state index in [2.05, 4.69) is 31.9 Å². The van der Waals surface area contributed by atoms with Crippen LogP contribution in [0.5, 0.6) is 5.75 Å². The molecule has 0 saturated carbocycles. The Morgan fingerprint density at radius 3 is 2.15 bits per heavy atom. The van der Waals surface area contributed by atoms with Crippen molar-refractivity contribution in [3.8, 4) is 5.75 Å². The summed E-state index contributed by atoms with van der Waals surface area (Å²) >= 11 is 6.56. The first kappa shape index (κ1) is 14.3. The summed E-state index contributed by atoms with van der Waals surface area (Å²) in [4.78, 5) is 10.6. The smallest absolute Gasteiger partial charge is 1.00 e. The summed E-state index contributed by atoms with van der Waals surface area (Å²) < 4.78 is 6.61. The van der Waals surface area contributed by atoms with Crippen LogP contribution in [0.3, 0.4) is 0 Å². The minimum absolute atomic E-state index is 0.